The molecule has 0 bridgehead atoms. The van der Waals surface area contributed by atoms with Gasteiger partial charge in [-0.2, -0.15) is 0 Å². The monoisotopic (exact) mass is 315 g/mol. The van der Waals surface area contributed by atoms with Crippen LogP contribution in [0.15, 0.2) is 47.9 Å². The minimum Gasteiger partial charge on any atom is -0.507 e. The molecule has 2 N–H and O–H groups in total. The van der Waals surface area contributed by atoms with E-state index in [1.54, 1.807) is 13.2 Å². The van der Waals surface area contributed by atoms with Gasteiger partial charge in [0.2, 0.25) is 0 Å². The van der Waals surface area contributed by atoms with Gasteiger partial charge in [-0.3, -0.25) is 9.59 Å². The summed E-state index contributed by atoms with van der Waals surface area (Å²) in [5.41, 5.74) is 0.314. The Hall–Kier alpha value is -2.56. The minimum absolute atomic E-state index is 0.104. The Balaban J connectivity index is 2.12. The molecule has 5 nitrogen and oxygen atoms in total. The van der Waals surface area contributed by atoms with Crippen molar-refractivity contribution in [3.63, 3.8) is 0 Å². The van der Waals surface area contributed by atoms with E-state index in [0.29, 0.717) is 5.75 Å². The molecule has 0 unspecified atom stereocenters. The summed E-state index contributed by atoms with van der Waals surface area (Å²) in [4.78, 5) is 24.1. The summed E-state index contributed by atoms with van der Waals surface area (Å²) < 4.78 is 5.11. The lowest BCUT2D eigenvalue weighted by Crippen LogP contribution is -2.32. The van der Waals surface area contributed by atoms with Crippen LogP contribution in [0.1, 0.15) is 26.7 Å². The summed E-state index contributed by atoms with van der Waals surface area (Å²) in [7, 11) is 1.58. The number of allylic oxidation sites excluding steroid dienone is 2. The van der Waals surface area contributed by atoms with Gasteiger partial charge in [-0.15, -0.1) is 0 Å². The van der Waals surface area contributed by atoms with Crippen LogP contribution in [0.5, 0.6) is 5.75 Å². The summed E-state index contributed by atoms with van der Waals surface area (Å²) in [6.07, 6.45) is 3.32. The molecule has 0 saturated heterocycles. The highest BCUT2D eigenvalue weighted by atomic mass is 16.5. The number of Topliss-reactive ketones (excluding diaryl/α,β-unsaturated/α-hetero) is 2. The maximum atomic E-state index is 12.1. The Morgan fingerprint density at radius 3 is 2.52 bits per heavy atom. The molecule has 1 aliphatic rings. The predicted molar refractivity (Wildman–Crippen MR) is 88.4 cm³/mol. The van der Waals surface area contributed by atoms with Gasteiger partial charge in [-0.1, -0.05) is 19.9 Å². The second-order valence-corrected chi connectivity index (χ2v) is 6.33. The number of carbonyl (C=O) groups excluding carboxylic acids is 2. The fraction of sp³-hybridized carbons (Fsp3) is 0.333. The van der Waals surface area contributed by atoms with Crippen molar-refractivity contribution in [2.45, 2.75) is 26.7 Å². The molecule has 1 fully saturated rings. The predicted octanol–water partition coefficient (Wildman–Crippen LogP) is 3.39. The van der Waals surface area contributed by atoms with Crippen molar-refractivity contribution >= 4 is 17.3 Å². The molecule has 1 saturated carbocycles. The van der Waals surface area contributed by atoms with Gasteiger partial charge in [0.05, 0.1) is 7.11 Å². The molecule has 0 aromatic heterocycles. The smallest absolute Gasteiger partial charge is 0.170 e. The van der Waals surface area contributed by atoms with Crippen LogP contribution in [0.3, 0.4) is 0 Å². The number of ether oxygens (including phenoxy) is 1. The molecule has 122 valence electrons. The molecule has 1 aromatic rings. The van der Waals surface area contributed by atoms with Crippen LogP contribution in [0.2, 0.25) is 0 Å². The van der Waals surface area contributed by atoms with Crippen LogP contribution in [0.4, 0.5) is 5.69 Å². The van der Waals surface area contributed by atoms with E-state index in [9.17, 15) is 14.7 Å². The fourth-order valence-electron chi connectivity index (χ4n) is 2.56. The number of hydrogen-bond acceptors (Lipinski definition) is 5. The molecule has 0 heterocycles. The number of methoxy groups -OCH3 is 1. The summed E-state index contributed by atoms with van der Waals surface area (Å²) in [5, 5.41) is 13.0. The minimum atomic E-state index is -0.347. The SMILES string of the molecule is COc1cccc(N/C=C\C(O)=C2C(=O)CC(C)(C)CC2=O)c1. The molecule has 1 aliphatic carbocycles. The number of aliphatic hydroxyl groups excluding tert-OH is 1. The maximum Gasteiger partial charge on any atom is 0.170 e. The molecule has 0 radical (unpaired) electrons. The third-order valence-corrected chi connectivity index (χ3v) is 3.65. The number of rotatable bonds is 4. The first kappa shape index (κ1) is 16.8. The molecule has 23 heavy (non-hydrogen) atoms. The first-order valence-corrected chi connectivity index (χ1v) is 7.39. The fourth-order valence-corrected chi connectivity index (χ4v) is 2.56. The summed E-state index contributed by atoms with van der Waals surface area (Å²) in [6.45, 7) is 3.74. The number of hydrogen-bond donors (Lipinski definition) is 2. The molecule has 5 heteroatoms. The van der Waals surface area contributed by atoms with Crippen molar-refractivity contribution in [3.05, 3.63) is 47.9 Å². The Labute approximate surface area is 135 Å². The van der Waals surface area contributed by atoms with Crippen molar-refractivity contribution < 1.29 is 19.4 Å². The van der Waals surface area contributed by atoms with E-state index in [0.717, 1.165) is 5.69 Å². The van der Waals surface area contributed by atoms with E-state index in [2.05, 4.69) is 5.32 Å². The largest absolute Gasteiger partial charge is 0.507 e. The lowest BCUT2D eigenvalue weighted by molar-refractivity contribution is -0.127. The van der Waals surface area contributed by atoms with Crippen molar-refractivity contribution in [1.29, 1.82) is 0 Å². The van der Waals surface area contributed by atoms with Gasteiger partial charge in [0.1, 0.15) is 17.1 Å². The van der Waals surface area contributed by atoms with E-state index in [-0.39, 0.29) is 41.2 Å². The molecular weight excluding hydrogens is 294 g/mol. The quantitative estimate of drug-likeness (QED) is 0.506. The Kier molecular flexibility index (Phi) is 4.89. The number of anilines is 1. The number of nitrogens with one attached hydrogen (secondary N) is 1. The molecule has 0 atom stereocenters. The van der Waals surface area contributed by atoms with Crippen LogP contribution in [0.25, 0.3) is 0 Å². The van der Waals surface area contributed by atoms with E-state index >= 15 is 0 Å². The Bertz CT molecular complexity index is 664. The molecule has 2 rings (SSSR count). The number of benzene rings is 1. The average Bonchev–Trinajstić information content (AvgIpc) is 2.45. The topological polar surface area (TPSA) is 75.6 Å². The highest BCUT2D eigenvalue weighted by Crippen LogP contribution is 2.34. The molecule has 0 aliphatic heterocycles. The Morgan fingerprint density at radius 2 is 1.91 bits per heavy atom. The van der Waals surface area contributed by atoms with Gasteiger partial charge >= 0.3 is 0 Å². The second kappa shape index (κ2) is 6.69. The van der Waals surface area contributed by atoms with Crippen molar-refractivity contribution in [2.75, 3.05) is 12.4 Å². The van der Waals surface area contributed by atoms with Crippen LogP contribution >= 0.6 is 0 Å². The van der Waals surface area contributed by atoms with Crippen molar-refractivity contribution in [3.8, 4) is 5.75 Å². The average molecular weight is 315 g/mol. The number of carbonyl (C=O) groups is 2. The van der Waals surface area contributed by atoms with Gasteiger partial charge in [0.25, 0.3) is 0 Å². The first-order chi connectivity index (χ1) is 10.8. The van der Waals surface area contributed by atoms with Crippen LogP contribution in [0, 0.1) is 5.41 Å². The highest BCUT2D eigenvalue weighted by molar-refractivity contribution is 6.22. The lowest BCUT2D eigenvalue weighted by Gasteiger charge is -2.28. The summed E-state index contributed by atoms with van der Waals surface area (Å²) >= 11 is 0. The second-order valence-electron chi connectivity index (χ2n) is 6.33. The van der Waals surface area contributed by atoms with Crippen LogP contribution in [-0.2, 0) is 9.59 Å². The zero-order valence-corrected chi connectivity index (χ0v) is 13.6. The van der Waals surface area contributed by atoms with E-state index in [4.69, 9.17) is 4.74 Å². The zero-order valence-electron chi connectivity index (χ0n) is 13.6. The first-order valence-electron chi connectivity index (χ1n) is 7.39. The van der Waals surface area contributed by atoms with E-state index in [1.165, 1.54) is 12.3 Å². The normalized spacial score (nSPS) is 17.4. The van der Waals surface area contributed by atoms with Crippen LogP contribution in [-0.4, -0.2) is 23.8 Å². The molecule has 0 spiro atoms. The number of ketones is 2. The lowest BCUT2D eigenvalue weighted by atomic mass is 9.74. The third-order valence-electron chi connectivity index (χ3n) is 3.65. The molecule has 1 aromatic carbocycles. The molecular formula is C18H21NO4. The van der Waals surface area contributed by atoms with Crippen molar-refractivity contribution in [1.82, 2.24) is 0 Å². The van der Waals surface area contributed by atoms with Gasteiger partial charge in [-0.05, 0) is 23.6 Å². The Morgan fingerprint density at radius 1 is 1.26 bits per heavy atom. The number of aliphatic hydroxyl groups is 1. The van der Waals surface area contributed by atoms with Gasteiger partial charge < -0.3 is 15.2 Å². The maximum absolute atomic E-state index is 12.1. The van der Waals surface area contributed by atoms with Gasteiger partial charge in [0, 0.05) is 30.8 Å². The van der Waals surface area contributed by atoms with E-state index in [1.807, 2.05) is 32.0 Å². The van der Waals surface area contributed by atoms with E-state index < -0.39 is 0 Å². The third kappa shape index (κ3) is 4.22. The molecule has 0 amide bonds. The van der Waals surface area contributed by atoms with Gasteiger partial charge in [-0.25, -0.2) is 0 Å². The highest BCUT2D eigenvalue weighted by Gasteiger charge is 2.37. The zero-order chi connectivity index (χ0) is 17.0. The van der Waals surface area contributed by atoms with Gasteiger partial charge in [0.15, 0.2) is 11.6 Å². The van der Waals surface area contributed by atoms with Crippen LogP contribution < -0.4 is 10.1 Å². The van der Waals surface area contributed by atoms with Crippen molar-refractivity contribution in [2.24, 2.45) is 5.41 Å². The summed E-state index contributed by atoms with van der Waals surface area (Å²) in [5.74, 6) is -0.221. The summed E-state index contributed by atoms with van der Waals surface area (Å²) in [6, 6.07) is 7.25. The standard InChI is InChI=1S/C18H21NO4/c1-18(2)10-15(21)17(16(22)11-18)14(20)7-8-19-12-5-4-6-13(9-12)23-3/h4-9,19-20H,10-11H2,1-3H3/b8-7-.